The molecule has 6 rings (SSSR count). The van der Waals surface area contributed by atoms with Gasteiger partial charge in [0.05, 0.1) is 34.1 Å². The van der Waals surface area contributed by atoms with Crippen LogP contribution in [0.1, 0.15) is 64.8 Å². The van der Waals surface area contributed by atoms with Crippen LogP contribution in [0.5, 0.6) is 0 Å². The monoisotopic (exact) mass is 701 g/mol. The highest BCUT2D eigenvalue weighted by atomic mass is 19.1. The van der Waals surface area contributed by atoms with E-state index < -0.39 is 35.1 Å². The fourth-order valence-corrected chi connectivity index (χ4v) is 5.13. The molecule has 0 saturated carbocycles. The zero-order valence-corrected chi connectivity index (χ0v) is 26.6. The average molecular weight is 702 g/mol. The van der Waals surface area contributed by atoms with Crippen LogP contribution in [-0.2, 0) is 12.8 Å². The van der Waals surface area contributed by atoms with Gasteiger partial charge in [0.1, 0.15) is 18.5 Å². The van der Waals surface area contributed by atoms with Crippen molar-refractivity contribution in [2.45, 2.75) is 19.3 Å². The number of hydrogen-bond donors (Lipinski definition) is 4. The lowest BCUT2D eigenvalue weighted by Gasteiger charge is -2.14. The SMILES string of the molecule is N#Cc1cc(C(=O)O)c(NC(=O)c2ccc(-n3ccnc3)nn2)cc1CCCc1cc(NC(=O)c2ccc(-n3ccnc3)nn2)c(C(=O)O)cc1F. The van der Waals surface area contributed by atoms with E-state index in [9.17, 15) is 34.7 Å². The molecule has 0 saturated heterocycles. The van der Waals surface area contributed by atoms with E-state index >= 15 is 4.39 Å². The third-order valence-corrected chi connectivity index (χ3v) is 7.70. The number of aryl methyl sites for hydroxylation is 2. The van der Waals surface area contributed by atoms with E-state index in [1.165, 1.54) is 49.1 Å². The van der Waals surface area contributed by atoms with Crippen LogP contribution in [0.3, 0.4) is 0 Å². The predicted molar refractivity (Wildman–Crippen MR) is 178 cm³/mol. The van der Waals surface area contributed by atoms with E-state index in [2.05, 4.69) is 41.0 Å². The van der Waals surface area contributed by atoms with Gasteiger partial charge in [-0.25, -0.2) is 23.9 Å². The maximum Gasteiger partial charge on any atom is 0.337 e. The number of carboxylic acid groups (broad SMARTS) is 2. The van der Waals surface area contributed by atoms with Crippen molar-refractivity contribution in [3.05, 3.63) is 131 Å². The summed E-state index contributed by atoms with van der Waals surface area (Å²) >= 11 is 0. The molecule has 0 spiro atoms. The number of nitriles is 1. The Balaban J connectivity index is 1.18. The highest BCUT2D eigenvalue weighted by Gasteiger charge is 2.21. The molecule has 52 heavy (non-hydrogen) atoms. The Morgan fingerprint density at radius 3 is 1.65 bits per heavy atom. The number of rotatable bonds is 12. The number of nitrogens with one attached hydrogen (secondary N) is 2. The molecule has 0 bridgehead atoms. The van der Waals surface area contributed by atoms with Crippen molar-refractivity contribution in [1.29, 1.82) is 5.26 Å². The Morgan fingerprint density at radius 1 is 0.712 bits per heavy atom. The van der Waals surface area contributed by atoms with Gasteiger partial charge in [-0.3, -0.25) is 18.7 Å². The number of nitrogens with zero attached hydrogens (tertiary/aromatic N) is 9. The Kier molecular flexibility index (Phi) is 9.75. The molecule has 0 aliphatic rings. The number of carbonyl (C=O) groups is 4. The molecule has 2 aromatic carbocycles. The second-order valence-electron chi connectivity index (χ2n) is 11.0. The molecule has 4 heterocycles. The number of aromatic carboxylic acids is 2. The molecule has 0 aliphatic carbocycles. The van der Waals surface area contributed by atoms with Crippen LogP contribution in [0.2, 0.25) is 0 Å². The summed E-state index contributed by atoms with van der Waals surface area (Å²) in [6.45, 7) is 0. The number of hydrogen-bond acceptors (Lipinski definition) is 11. The summed E-state index contributed by atoms with van der Waals surface area (Å²) in [5.41, 5.74) is -0.890. The molecule has 0 atom stereocenters. The van der Waals surface area contributed by atoms with Gasteiger partial charge in [-0.2, -0.15) is 5.26 Å². The standard InChI is InChI=1S/C34H24FN11O6/c35-24-15-23(34(51)52)28(40-32(48)26-5-7-30(44-42-26)46-11-9-38-18-46)14-20(24)3-1-2-19-13-27(22(33(49)50)12-21(19)16-36)39-31(47)25-4-6-29(43-41-25)45-10-8-37-17-45/h4-15,17-18H,1-3H2,(H,39,47)(H,40,48)(H,49,50)(H,51,52). The van der Waals surface area contributed by atoms with Gasteiger partial charge in [-0.1, -0.05) is 0 Å². The lowest BCUT2D eigenvalue weighted by molar-refractivity contribution is 0.0686. The lowest BCUT2D eigenvalue weighted by Crippen LogP contribution is -2.18. The van der Waals surface area contributed by atoms with E-state index in [0.717, 1.165) is 12.1 Å². The van der Waals surface area contributed by atoms with Crippen molar-refractivity contribution >= 4 is 35.1 Å². The first kappa shape index (κ1) is 34.2. The number of anilines is 2. The zero-order chi connectivity index (χ0) is 36.8. The van der Waals surface area contributed by atoms with Crippen molar-refractivity contribution in [1.82, 2.24) is 39.5 Å². The predicted octanol–water partition coefficient (Wildman–Crippen LogP) is 3.73. The Bertz CT molecular complexity index is 2340. The molecule has 2 amide bonds. The highest BCUT2D eigenvalue weighted by molar-refractivity contribution is 6.07. The summed E-state index contributed by atoms with van der Waals surface area (Å²) in [5, 5.41) is 50.0. The number of imidazole rings is 2. The van der Waals surface area contributed by atoms with Crippen LogP contribution < -0.4 is 10.6 Å². The quantitative estimate of drug-likeness (QED) is 0.142. The summed E-state index contributed by atoms with van der Waals surface area (Å²) in [4.78, 5) is 57.8. The number of amides is 2. The zero-order valence-electron chi connectivity index (χ0n) is 26.6. The fourth-order valence-electron chi connectivity index (χ4n) is 5.13. The maximum absolute atomic E-state index is 15.1. The molecular weight excluding hydrogens is 677 g/mol. The molecule has 6 aromatic rings. The Hall–Kier alpha value is -7.68. The largest absolute Gasteiger partial charge is 0.478 e. The molecular formula is C34H24FN11O6. The molecule has 0 radical (unpaired) electrons. The maximum atomic E-state index is 15.1. The van der Waals surface area contributed by atoms with Gasteiger partial charge < -0.3 is 20.8 Å². The minimum Gasteiger partial charge on any atom is -0.478 e. The summed E-state index contributed by atoms with van der Waals surface area (Å²) in [6, 6.07) is 12.2. The van der Waals surface area contributed by atoms with Crippen molar-refractivity contribution in [2.75, 3.05) is 10.6 Å². The van der Waals surface area contributed by atoms with Crippen molar-refractivity contribution in [3.63, 3.8) is 0 Å². The van der Waals surface area contributed by atoms with Crippen LogP contribution in [0.4, 0.5) is 15.8 Å². The van der Waals surface area contributed by atoms with Gasteiger partial charge >= 0.3 is 11.9 Å². The smallest absolute Gasteiger partial charge is 0.337 e. The van der Waals surface area contributed by atoms with Crippen molar-refractivity contribution < 1.29 is 33.8 Å². The van der Waals surface area contributed by atoms with Crippen LogP contribution in [0.15, 0.2) is 86.0 Å². The summed E-state index contributed by atoms with van der Waals surface area (Å²) in [6.07, 6.45) is 9.70. The number of halogens is 1. The van der Waals surface area contributed by atoms with Gasteiger partial charge in [0.25, 0.3) is 11.8 Å². The lowest BCUT2D eigenvalue weighted by atomic mass is 9.96. The van der Waals surface area contributed by atoms with E-state index in [-0.39, 0.29) is 58.7 Å². The first-order chi connectivity index (χ1) is 25.1. The van der Waals surface area contributed by atoms with Crippen LogP contribution in [0.25, 0.3) is 11.6 Å². The fraction of sp³-hybridized carbons (Fsp3) is 0.0882. The summed E-state index contributed by atoms with van der Waals surface area (Å²) in [7, 11) is 0. The van der Waals surface area contributed by atoms with E-state index in [1.54, 1.807) is 33.9 Å². The summed E-state index contributed by atoms with van der Waals surface area (Å²) < 4.78 is 18.3. The second-order valence-corrected chi connectivity index (χ2v) is 11.0. The topological polar surface area (TPSA) is 244 Å². The van der Waals surface area contributed by atoms with Gasteiger partial charge in [0.2, 0.25) is 0 Å². The number of carboxylic acids is 2. The molecule has 0 aliphatic heterocycles. The van der Waals surface area contributed by atoms with Crippen LogP contribution in [-0.4, -0.2) is 73.5 Å². The molecule has 4 N–H and O–H groups in total. The van der Waals surface area contributed by atoms with Crippen molar-refractivity contribution in [2.24, 2.45) is 0 Å². The molecule has 0 fully saturated rings. The third-order valence-electron chi connectivity index (χ3n) is 7.70. The Labute approximate surface area is 292 Å². The number of benzene rings is 2. The third kappa shape index (κ3) is 7.47. The van der Waals surface area contributed by atoms with Gasteiger partial charge in [0.15, 0.2) is 23.0 Å². The first-order valence-electron chi connectivity index (χ1n) is 15.2. The van der Waals surface area contributed by atoms with E-state index in [1.807, 2.05) is 6.07 Å². The van der Waals surface area contributed by atoms with E-state index in [4.69, 9.17) is 0 Å². The number of aromatic nitrogens is 8. The molecule has 0 unspecified atom stereocenters. The molecule has 17 nitrogen and oxygen atoms in total. The number of carbonyl (C=O) groups excluding carboxylic acids is 2. The highest BCUT2D eigenvalue weighted by Crippen LogP contribution is 2.26. The average Bonchev–Trinajstić information content (AvgIpc) is 3.89. The Morgan fingerprint density at radius 2 is 1.21 bits per heavy atom. The normalized spacial score (nSPS) is 10.7. The second kappa shape index (κ2) is 14.8. The molecule has 4 aromatic heterocycles. The van der Waals surface area contributed by atoms with E-state index in [0.29, 0.717) is 17.2 Å². The molecule has 258 valence electrons. The van der Waals surface area contributed by atoms with Crippen LogP contribution in [0, 0.1) is 17.1 Å². The van der Waals surface area contributed by atoms with Gasteiger partial charge in [0, 0.05) is 24.8 Å². The first-order valence-corrected chi connectivity index (χ1v) is 15.2. The minimum atomic E-state index is -1.48. The van der Waals surface area contributed by atoms with Gasteiger partial charge in [-0.05, 0) is 78.9 Å². The minimum absolute atomic E-state index is 0.0229. The van der Waals surface area contributed by atoms with Gasteiger partial charge in [-0.15, -0.1) is 20.4 Å². The molecule has 18 heteroatoms. The van der Waals surface area contributed by atoms with Crippen molar-refractivity contribution in [3.8, 4) is 17.7 Å². The summed E-state index contributed by atoms with van der Waals surface area (Å²) in [5.74, 6) is -4.45. The van der Waals surface area contributed by atoms with Crippen LogP contribution >= 0.6 is 0 Å².